The number of tetrazole rings is 1. The third kappa shape index (κ3) is 4.12. The number of hydrogen-bond donors (Lipinski definition) is 1. The maximum absolute atomic E-state index is 14.9. The van der Waals surface area contributed by atoms with Gasteiger partial charge in [0.25, 0.3) is 0 Å². The third-order valence-corrected chi connectivity index (χ3v) is 4.72. The van der Waals surface area contributed by atoms with Gasteiger partial charge in [0, 0.05) is 37.1 Å². The lowest BCUT2D eigenvalue weighted by Crippen LogP contribution is -2.20. The first-order valence-corrected chi connectivity index (χ1v) is 9.64. The summed E-state index contributed by atoms with van der Waals surface area (Å²) in [5.74, 6) is -2.21. The highest BCUT2D eigenvalue weighted by Crippen LogP contribution is 2.31. The average molecular weight is 441 g/mol. The minimum Gasteiger partial charge on any atom is -0.489 e. The Labute approximate surface area is 182 Å². The van der Waals surface area contributed by atoms with E-state index in [1.165, 1.54) is 12.1 Å². The summed E-state index contributed by atoms with van der Waals surface area (Å²) in [6.07, 6.45) is 5.07. The molecule has 3 aromatic heterocycles. The lowest BCUT2D eigenvalue weighted by molar-refractivity contribution is 0.249. The first-order valence-electron chi connectivity index (χ1n) is 9.64. The van der Waals surface area contributed by atoms with Gasteiger partial charge in [0.15, 0.2) is 17.4 Å². The molecule has 4 rings (SSSR count). The van der Waals surface area contributed by atoms with Crippen LogP contribution in [0.15, 0.2) is 36.8 Å². The Balaban J connectivity index is 1.71. The smallest absolute Gasteiger partial charge is 0.202 e. The number of hydrogen-bond acceptors (Lipinski definition) is 8. The van der Waals surface area contributed by atoms with Crippen LogP contribution in [0.3, 0.4) is 0 Å². The quantitative estimate of drug-likeness (QED) is 0.463. The van der Waals surface area contributed by atoms with E-state index >= 15 is 0 Å². The number of nitrogens with two attached hydrogens (primary N) is 1. The zero-order chi connectivity index (χ0) is 22.8. The van der Waals surface area contributed by atoms with Gasteiger partial charge in [-0.15, -0.1) is 5.10 Å². The number of nitrogen functional groups attached to an aromatic ring is 1. The van der Waals surface area contributed by atoms with Gasteiger partial charge in [0.05, 0.1) is 11.8 Å². The van der Waals surface area contributed by atoms with Crippen molar-refractivity contribution >= 4 is 5.82 Å². The summed E-state index contributed by atoms with van der Waals surface area (Å²) in [5, 5.41) is 15.6. The van der Waals surface area contributed by atoms with E-state index in [-0.39, 0.29) is 29.7 Å². The molecule has 10 nitrogen and oxygen atoms in total. The average Bonchev–Trinajstić information content (AvgIpc) is 3.41. The van der Waals surface area contributed by atoms with Crippen molar-refractivity contribution in [3.63, 3.8) is 0 Å². The van der Waals surface area contributed by atoms with Crippen LogP contribution in [0.2, 0.25) is 0 Å². The van der Waals surface area contributed by atoms with E-state index in [1.54, 1.807) is 30.2 Å². The summed E-state index contributed by atoms with van der Waals surface area (Å²) in [7, 11) is 5.50. The molecular weight excluding hydrogens is 420 g/mol. The second-order valence-electron chi connectivity index (χ2n) is 7.34. The second-order valence-corrected chi connectivity index (χ2v) is 7.34. The van der Waals surface area contributed by atoms with Crippen molar-refractivity contribution in [1.82, 2.24) is 39.9 Å². The van der Waals surface area contributed by atoms with Crippen molar-refractivity contribution in [2.24, 2.45) is 7.05 Å². The predicted molar refractivity (Wildman–Crippen MR) is 113 cm³/mol. The molecule has 1 aromatic carbocycles. The fourth-order valence-corrected chi connectivity index (χ4v) is 3.03. The number of halogens is 2. The highest BCUT2D eigenvalue weighted by molar-refractivity contribution is 5.76. The van der Waals surface area contributed by atoms with E-state index in [9.17, 15) is 8.78 Å². The van der Waals surface area contributed by atoms with Gasteiger partial charge in [-0.05, 0) is 42.7 Å². The van der Waals surface area contributed by atoms with Crippen LogP contribution in [0.4, 0.5) is 14.6 Å². The van der Waals surface area contributed by atoms with Crippen molar-refractivity contribution in [1.29, 1.82) is 0 Å². The number of aryl methyl sites for hydroxylation is 1. The number of ether oxygens (including phenoxy) is 1. The molecule has 0 fully saturated rings. The maximum atomic E-state index is 14.9. The van der Waals surface area contributed by atoms with Crippen LogP contribution in [-0.4, -0.2) is 67.1 Å². The van der Waals surface area contributed by atoms with E-state index in [1.807, 2.05) is 25.2 Å². The molecule has 0 saturated heterocycles. The van der Waals surface area contributed by atoms with E-state index in [2.05, 4.69) is 25.6 Å². The first-order chi connectivity index (χ1) is 15.3. The van der Waals surface area contributed by atoms with Gasteiger partial charge >= 0.3 is 0 Å². The van der Waals surface area contributed by atoms with Gasteiger partial charge in [-0.3, -0.25) is 4.68 Å². The van der Waals surface area contributed by atoms with Gasteiger partial charge < -0.3 is 15.4 Å². The SMILES string of the molecule is CN(C)CCOc1ccc(-n2nnnc2-c2cc(-c3cnn(C)c3)cnc2N)c(F)c1F. The summed E-state index contributed by atoms with van der Waals surface area (Å²) in [6, 6.07) is 4.40. The largest absolute Gasteiger partial charge is 0.489 e. The maximum Gasteiger partial charge on any atom is 0.202 e. The van der Waals surface area contributed by atoms with Crippen molar-refractivity contribution in [3.05, 3.63) is 48.4 Å². The summed E-state index contributed by atoms with van der Waals surface area (Å²) < 4.78 is 37.6. The van der Waals surface area contributed by atoms with Crippen LogP contribution in [0.1, 0.15) is 0 Å². The monoisotopic (exact) mass is 441 g/mol. The number of pyridine rings is 1. The summed E-state index contributed by atoms with van der Waals surface area (Å²) in [4.78, 5) is 6.07. The Morgan fingerprint density at radius 2 is 1.94 bits per heavy atom. The highest BCUT2D eigenvalue weighted by Gasteiger charge is 2.22. The standard InChI is InChI=1S/C20H21F2N9O/c1-29(2)6-7-32-16-5-4-15(17(21)18(16)22)31-20(26-27-28-31)14-8-12(9-24-19(14)23)13-10-25-30(3)11-13/h4-5,8-11H,6-7H2,1-3H3,(H2,23,24). The minimum atomic E-state index is -1.14. The lowest BCUT2D eigenvalue weighted by atomic mass is 10.1. The lowest BCUT2D eigenvalue weighted by Gasteiger charge is -2.13. The van der Waals surface area contributed by atoms with Crippen LogP contribution in [0, 0.1) is 11.6 Å². The molecule has 0 aliphatic heterocycles. The summed E-state index contributed by atoms with van der Waals surface area (Å²) in [5.41, 5.74) is 7.74. The molecule has 0 aliphatic rings. The molecular formula is C20H21F2N9O. The van der Waals surface area contributed by atoms with Crippen LogP contribution >= 0.6 is 0 Å². The normalized spacial score (nSPS) is 11.3. The fourth-order valence-electron chi connectivity index (χ4n) is 3.03. The molecule has 32 heavy (non-hydrogen) atoms. The number of likely N-dealkylation sites (N-methyl/N-ethyl adjacent to an activating group) is 1. The number of aromatic nitrogens is 7. The van der Waals surface area contributed by atoms with E-state index in [0.717, 1.165) is 10.2 Å². The molecule has 0 atom stereocenters. The highest BCUT2D eigenvalue weighted by atomic mass is 19.2. The zero-order valence-corrected chi connectivity index (χ0v) is 17.7. The number of nitrogens with zero attached hydrogens (tertiary/aromatic N) is 8. The fraction of sp³-hybridized carbons (Fsp3) is 0.250. The van der Waals surface area contributed by atoms with Crippen LogP contribution in [-0.2, 0) is 7.05 Å². The number of anilines is 1. The van der Waals surface area contributed by atoms with E-state index in [0.29, 0.717) is 17.7 Å². The molecule has 0 aliphatic carbocycles. The van der Waals surface area contributed by atoms with Gasteiger partial charge in [-0.1, -0.05) is 0 Å². The Morgan fingerprint density at radius 1 is 1.12 bits per heavy atom. The van der Waals surface area contributed by atoms with Crippen LogP contribution < -0.4 is 10.5 Å². The second kappa shape index (κ2) is 8.67. The Hall–Kier alpha value is -3.93. The third-order valence-electron chi connectivity index (χ3n) is 4.72. The van der Waals surface area contributed by atoms with Crippen molar-refractivity contribution in [3.8, 4) is 34.0 Å². The Bertz CT molecular complexity index is 1250. The summed E-state index contributed by atoms with van der Waals surface area (Å²) >= 11 is 0. The molecule has 0 saturated carbocycles. The molecule has 166 valence electrons. The van der Waals surface area contributed by atoms with Crippen LogP contribution in [0.5, 0.6) is 5.75 Å². The van der Waals surface area contributed by atoms with Gasteiger partial charge in [0.2, 0.25) is 5.82 Å². The van der Waals surface area contributed by atoms with Crippen molar-refractivity contribution in [2.75, 3.05) is 33.0 Å². The first kappa shape index (κ1) is 21.3. The predicted octanol–water partition coefficient (Wildman–Crippen LogP) is 1.93. The van der Waals surface area contributed by atoms with Gasteiger partial charge in [-0.2, -0.15) is 14.2 Å². The summed E-state index contributed by atoms with van der Waals surface area (Å²) in [6.45, 7) is 0.766. The Kier molecular flexibility index (Phi) is 5.77. The molecule has 0 amide bonds. The van der Waals surface area contributed by atoms with E-state index in [4.69, 9.17) is 10.5 Å². The number of benzene rings is 1. The van der Waals surface area contributed by atoms with Crippen molar-refractivity contribution < 1.29 is 13.5 Å². The van der Waals surface area contributed by atoms with Gasteiger partial charge in [0.1, 0.15) is 18.1 Å². The molecule has 0 unspecified atom stereocenters. The molecule has 12 heteroatoms. The molecule has 0 bridgehead atoms. The molecule has 0 radical (unpaired) electrons. The molecule has 0 spiro atoms. The number of rotatable bonds is 7. The Morgan fingerprint density at radius 3 is 2.66 bits per heavy atom. The zero-order valence-electron chi connectivity index (χ0n) is 17.7. The van der Waals surface area contributed by atoms with E-state index < -0.39 is 11.6 Å². The molecule has 2 N–H and O–H groups in total. The van der Waals surface area contributed by atoms with Crippen LogP contribution in [0.25, 0.3) is 28.2 Å². The minimum absolute atomic E-state index is 0.111. The molecule has 3 heterocycles. The van der Waals surface area contributed by atoms with Crippen molar-refractivity contribution in [2.45, 2.75) is 0 Å². The van der Waals surface area contributed by atoms with Gasteiger partial charge in [-0.25, -0.2) is 9.37 Å². The molecule has 4 aromatic rings. The topological polar surface area (TPSA) is 113 Å².